The van der Waals surface area contributed by atoms with E-state index in [0.29, 0.717) is 12.1 Å². The van der Waals surface area contributed by atoms with Crippen molar-refractivity contribution in [3.63, 3.8) is 0 Å². The van der Waals surface area contributed by atoms with E-state index in [9.17, 15) is 4.39 Å². The molecule has 5 heteroatoms. The Morgan fingerprint density at radius 3 is 2.88 bits per heavy atom. The molecule has 0 aromatic heterocycles. The largest absolute Gasteiger partial charge is 0.314 e. The Bertz CT molecular complexity index is 367. The Kier molecular flexibility index (Phi) is 4.91. The highest BCUT2D eigenvalue weighted by molar-refractivity contribution is 9.10. The summed E-state index contributed by atoms with van der Waals surface area (Å²) in [7, 11) is 0. The van der Waals surface area contributed by atoms with E-state index in [1.807, 2.05) is 6.07 Å². The van der Waals surface area contributed by atoms with Crippen LogP contribution in [-0.2, 0) is 6.54 Å². The predicted molar refractivity (Wildman–Crippen MR) is 70.2 cm³/mol. The van der Waals surface area contributed by atoms with Gasteiger partial charge in [-0.1, -0.05) is 15.9 Å². The van der Waals surface area contributed by atoms with E-state index in [0.717, 1.165) is 37.3 Å². The second kappa shape index (κ2) is 6.44. The van der Waals surface area contributed by atoms with Gasteiger partial charge < -0.3 is 10.6 Å². The molecule has 2 rings (SSSR count). The minimum absolute atomic E-state index is 0.152. The molecule has 0 spiro atoms. The monoisotopic (exact) mass is 301 g/mol. The predicted octanol–water partition coefficient (Wildman–Crippen LogP) is 1.54. The first-order valence-corrected chi connectivity index (χ1v) is 6.63. The SMILES string of the molecule is Fc1ccc(Br)cc1CNCN1CCNCC1. The third kappa shape index (κ3) is 4.03. The molecular formula is C12H17BrFN3. The fourth-order valence-electron chi connectivity index (χ4n) is 1.90. The van der Waals surface area contributed by atoms with E-state index >= 15 is 0 Å². The zero-order valence-corrected chi connectivity index (χ0v) is 11.3. The number of piperazine rings is 1. The lowest BCUT2D eigenvalue weighted by atomic mass is 10.2. The van der Waals surface area contributed by atoms with Gasteiger partial charge in [-0.2, -0.15) is 0 Å². The lowest BCUT2D eigenvalue weighted by Gasteiger charge is -2.27. The summed E-state index contributed by atoms with van der Waals surface area (Å²) >= 11 is 3.35. The highest BCUT2D eigenvalue weighted by Crippen LogP contribution is 2.15. The molecular weight excluding hydrogens is 285 g/mol. The number of hydrogen-bond acceptors (Lipinski definition) is 3. The number of nitrogens with zero attached hydrogens (tertiary/aromatic N) is 1. The van der Waals surface area contributed by atoms with E-state index in [4.69, 9.17) is 0 Å². The van der Waals surface area contributed by atoms with Crippen molar-refractivity contribution in [2.24, 2.45) is 0 Å². The van der Waals surface area contributed by atoms with Crippen LogP contribution < -0.4 is 10.6 Å². The summed E-state index contributed by atoms with van der Waals surface area (Å²) in [6.07, 6.45) is 0. The number of hydrogen-bond donors (Lipinski definition) is 2. The lowest BCUT2D eigenvalue weighted by Crippen LogP contribution is -2.46. The first kappa shape index (κ1) is 13.0. The fourth-order valence-corrected chi connectivity index (χ4v) is 2.31. The number of benzene rings is 1. The van der Waals surface area contributed by atoms with Gasteiger partial charge in [0.05, 0.1) is 0 Å². The number of rotatable bonds is 4. The van der Waals surface area contributed by atoms with Crippen molar-refractivity contribution in [1.29, 1.82) is 0 Å². The Balaban J connectivity index is 1.79. The van der Waals surface area contributed by atoms with Gasteiger partial charge in [0.25, 0.3) is 0 Å². The normalized spacial score (nSPS) is 17.3. The quantitative estimate of drug-likeness (QED) is 0.883. The van der Waals surface area contributed by atoms with Gasteiger partial charge in [-0.3, -0.25) is 4.90 Å². The molecule has 0 aliphatic carbocycles. The van der Waals surface area contributed by atoms with Gasteiger partial charge in [0.15, 0.2) is 0 Å². The minimum atomic E-state index is -0.152. The van der Waals surface area contributed by atoms with Gasteiger partial charge in [0, 0.05) is 49.4 Å². The molecule has 1 fully saturated rings. The Morgan fingerprint density at radius 1 is 1.35 bits per heavy atom. The number of halogens is 2. The van der Waals surface area contributed by atoms with Gasteiger partial charge >= 0.3 is 0 Å². The van der Waals surface area contributed by atoms with Crippen molar-refractivity contribution in [2.75, 3.05) is 32.8 Å². The molecule has 1 aromatic carbocycles. The van der Waals surface area contributed by atoms with Crippen LogP contribution in [0, 0.1) is 5.82 Å². The number of nitrogens with one attached hydrogen (secondary N) is 2. The topological polar surface area (TPSA) is 27.3 Å². The fraction of sp³-hybridized carbons (Fsp3) is 0.500. The Hall–Kier alpha value is -0.490. The van der Waals surface area contributed by atoms with Gasteiger partial charge in [-0.25, -0.2) is 4.39 Å². The van der Waals surface area contributed by atoms with Crippen molar-refractivity contribution < 1.29 is 4.39 Å². The molecule has 0 amide bonds. The maximum Gasteiger partial charge on any atom is 0.127 e. The molecule has 0 bridgehead atoms. The molecule has 3 nitrogen and oxygen atoms in total. The van der Waals surface area contributed by atoms with Crippen molar-refractivity contribution in [2.45, 2.75) is 6.54 Å². The zero-order chi connectivity index (χ0) is 12.1. The van der Waals surface area contributed by atoms with Crippen LogP contribution in [0.1, 0.15) is 5.56 Å². The van der Waals surface area contributed by atoms with E-state index in [1.165, 1.54) is 6.07 Å². The van der Waals surface area contributed by atoms with Crippen LogP contribution in [0.5, 0.6) is 0 Å². The van der Waals surface area contributed by atoms with Crippen molar-refractivity contribution in [1.82, 2.24) is 15.5 Å². The molecule has 1 aromatic rings. The summed E-state index contributed by atoms with van der Waals surface area (Å²) in [5, 5.41) is 6.58. The molecule has 0 radical (unpaired) electrons. The van der Waals surface area contributed by atoms with Crippen LogP contribution >= 0.6 is 15.9 Å². The van der Waals surface area contributed by atoms with Crippen LogP contribution in [0.15, 0.2) is 22.7 Å². The molecule has 2 N–H and O–H groups in total. The minimum Gasteiger partial charge on any atom is -0.314 e. The van der Waals surface area contributed by atoms with E-state index in [-0.39, 0.29) is 5.82 Å². The molecule has 17 heavy (non-hydrogen) atoms. The molecule has 1 aliphatic heterocycles. The first-order chi connectivity index (χ1) is 8.25. The smallest absolute Gasteiger partial charge is 0.127 e. The molecule has 0 saturated carbocycles. The summed E-state index contributed by atoms with van der Waals surface area (Å²) < 4.78 is 14.4. The summed E-state index contributed by atoms with van der Waals surface area (Å²) in [6.45, 7) is 5.55. The van der Waals surface area contributed by atoms with Gasteiger partial charge in [0.1, 0.15) is 5.82 Å². The van der Waals surface area contributed by atoms with Crippen LogP contribution in [-0.4, -0.2) is 37.7 Å². The van der Waals surface area contributed by atoms with Crippen molar-refractivity contribution >= 4 is 15.9 Å². The highest BCUT2D eigenvalue weighted by Gasteiger charge is 2.09. The zero-order valence-electron chi connectivity index (χ0n) is 9.68. The Labute approximate surface area is 110 Å². The van der Waals surface area contributed by atoms with Crippen LogP contribution in [0.25, 0.3) is 0 Å². The standard InChI is InChI=1S/C12H17BrFN3/c13-11-1-2-12(14)10(7-11)8-16-9-17-5-3-15-4-6-17/h1-2,7,15-16H,3-6,8-9H2. The maximum atomic E-state index is 13.5. The average Bonchev–Trinajstić information content (AvgIpc) is 2.35. The van der Waals surface area contributed by atoms with Gasteiger partial charge in [-0.05, 0) is 18.2 Å². The van der Waals surface area contributed by atoms with E-state index < -0.39 is 0 Å². The third-order valence-corrected chi connectivity index (χ3v) is 3.36. The van der Waals surface area contributed by atoms with Crippen molar-refractivity contribution in [3.05, 3.63) is 34.1 Å². The summed E-state index contributed by atoms with van der Waals surface area (Å²) in [5.41, 5.74) is 0.703. The van der Waals surface area contributed by atoms with E-state index in [2.05, 4.69) is 31.5 Å². The molecule has 1 heterocycles. The first-order valence-electron chi connectivity index (χ1n) is 5.83. The third-order valence-electron chi connectivity index (χ3n) is 2.87. The molecule has 1 saturated heterocycles. The molecule has 94 valence electrons. The van der Waals surface area contributed by atoms with Crippen LogP contribution in [0.2, 0.25) is 0 Å². The van der Waals surface area contributed by atoms with Crippen molar-refractivity contribution in [3.8, 4) is 0 Å². The Morgan fingerprint density at radius 2 is 2.12 bits per heavy atom. The summed E-state index contributed by atoms with van der Waals surface area (Å²) in [4.78, 5) is 2.33. The molecule has 1 aliphatic rings. The van der Waals surface area contributed by atoms with Gasteiger partial charge in [0.2, 0.25) is 0 Å². The van der Waals surface area contributed by atoms with Gasteiger partial charge in [-0.15, -0.1) is 0 Å². The highest BCUT2D eigenvalue weighted by atomic mass is 79.9. The van der Waals surface area contributed by atoms with Crippen LogP contribution in [0.4, 0.5) is 4.39 Å². The van der Waals surface area contributed by atoms with E-state index in [1.54, 1.807) is 6.07 Å². The maximum absolute atomic E-state index is 13.5. The molecule has 0 unspecified atom stereocenters. The molecule has 0 atom stereocenters. The second-order valence-electron chi connectivity index (χ2n) is 4.19. The summed E-state index contributed by atoms with van der Waals surface area (Å²) in [6, 6.07) is 5.03. The van der Waals surface area contributed by atoms with Crippen LogP contribution in [0.3, 0.4) is 0 Å². The average molecular weight is 302 g/mol. The lowest BCUT2D eigenvalue weighted by molar-refractivity contribution is 0.223. The summed E-state index contributed by atoms with van der Waals surface area (Å²) in [5.74, 6) is -0.152. The second-order valence-corrected chi connectivity index (χ2v) is 5.10.